The van der Waals surface area contributed by atoms with E-state index < -0.39 is 0 Å². The summed E-state index contributed by atoms with van der Waals surface area (Å²) in [6, 6.07) is 56.9. The first kappa shape index (κ1) is 27.5. The third-order valence-electron chi connectivity index (χ3n) is 9.52. The number of benzene rings is 8. The van der Waals surface area contributed by atoms with E-state index >= 15 is 0 Å². The van der Waals surface area contributed by atoms with Gasteiger partial charge in [0.2, 0.25) is 0 Å². The Bertz CT molecular complexity index is 2820. The molecule has 0 N–H and O–H groups in total. The van der Waals surface area contributed by atoms with Gasteiger partial charge in [0.15, 0.2) is 17.5 Å². The summed E-state index contributed by atoms with van der Waals surface area (Å²) >= 11 is 0. The summed E-state index contributed by atoms with van der Waals surface area (Å²) in [5.74, 6) is 1.93. The van der Waals surface area contributed by atoms with Crippen molar-refractivity contribution in [3.63, 3.8) is 0 Å². The molecule has 0 bridgehead atoms. The highest BCUT2D eigenvalue weighted by atomic mass is 16.3. The molecular weight excluding hydrogens is 599 g/mol. The van der Waals surface area contributed by atoms with Crippen LogP contribution in [0.3, 0.4) is 0 Å². The Morgan fingerprint density at radius 3 is 1.65 bits per heavy atom. The Kier molecular flexibility index (Phi) is 6.15. The van der Waals surface area contributed by atoms with E-state index in [1.54, 1.807) is 0 Å². The van der Waals surface area contributed by atoms with Gasteiger partial charge in [-0.1, -0.05) is 140 Å². The highest BCUT2D eigenvalue weighted by molar-refractivity contribution is 6.21. The summed E-state index contributed by atoms with van der Waals surface area (Å²) in [6.45, 7) is 0. The molecule has 0 aliphatic heterocycles. The van der Waals surface area contributed by atoms with Crippen LogP contribution < -0.4 is 0 Å². The molecule has 0 fully saturated rings. The summed E-state index contributed by atoms with van der Waals surface area (Å²) < 4.78 is 6.52. The van der Waals surface area contributed by atoms with Crippen LogP contribution in [0.5, 0.6) is 0 Å². The molecule has 2 aromatic heterocycles. The first-order valence-electron chi connectivity index (χ1n) is 16.4. The molecule has 0 unspecified atom stereocenters. The van der Waals surface area contributed by atoms with Crippen molar-refractivity contribution in [1.29, 1.82) is 0 Å². The van der Waals surface area contributed by atoms with Crippen LogP contribution in [0.4, 0.5) is 0 Å². The highest BCUT2D eigenvalue weighted by Gasteiger charge is 2.19. The monoisotopic (exact) mass is 625 g/mol. The fourth-order valence-corrected chi connectivity index (χ4v) is 7.21. The second-order valence-electron chi connectivity index (χ2n) is 12.4. The molecule has 2 heterocycles. The van der Waals surface area contributed by atoms with Gasteiger partial charge >= 0.3 is 0 Å². The molecule has 0 spiro atoms. The molecule has 4 heteroatoms. The molecule has 0 atom stereocenters. The number of rotatable bonds is 4. The molecular formula is C45H27N3O. The maximum absolute atomic E-state index is 6.52. The van der Waals surface area contributed by atoms with E-state index in [2.05, 4.69) is 103 Å². The van der Waals surface area contributed by atoms with Crippen LogP contribution in [0.25, 0.3) is 99.5 Å². The second-order valence-corrected chi connectivity index (χ2v) is 12.4. The standard InChI is InChI=1S/C45H27N3O/c1-3-13-29(14-4-1)43-46-44(30-15-5-2-6-16-30)48-45(47-43)37-25-24-35(33-18-9-10-19-34(33)37)36-20-11-21-40-42(36)39-27-38-31(26-41(39)49-40)23-22-28-12-7-8-17-32(28)38/h1-27H. The van der Waals surface area contributed by atoms with Crippen molar-refractivity contribution in [2.75, 3.05) is 0 Å². The molecule has 0 radical (unpaired) electrons. The number of aromatic nitrogens is 3. The fourth-order valence-electron chi connectivity index (χ4n) is 7.21. The number of hydrogen-bond donors (Lipinski definition) is 0. The average Bonchev–Trinajstić information content (AvgIpc) is 3.55. The molecule has 0 saturated heterocycles. The van der Waals surface area contributed by atoms with Crippen molar-refractivity contribution in [2.45, 2.75) is 0 Å². The predicted octanol–water partition coefficient (Wildman–Crippen LogP) is 11.9. The molecule has 0 saturated carbocycles. The van der Waals surface area contributed by atoms with E-state index in [4.69, 9.17) is 19.4 Å². The molecule has 228 valence electrons. The third-order valence-corrected chi connectivity index (χ3v) is 9.52. The Hall–Kier alpha value is -6.65. The minimum absolute atomic E-state index is 0.640. The average molecular weight is 626 g/mol. The topological polar surface area (TPSA) is 51.8 Å². The number of fused-ring (bicyclic) bond motifs is 7. The van der Waals surface area contributed by atoms with Crippen molar-refractivity contribution in [3.8, 4) is 45.3 Å². The molecule has 8 aromatic carbocycles. The van der Waals surface area contributed by atoms with Gasteiger partial charge in [-0.15, -0.1) is 0 Å². The van der Waals surface area contributed by atoms with Gasteiger partial charge in [-0.05, 0) is 67.7 Å². The molecule has 49 heavy (non-hydrogen) atoms. The zero-order valence-corrected chi connectivity index (χ0v) is 26.3. The summed E-state index contributed by atoms with van der Waals surface area (Å²) in [5, 5.41) is 9.29. The molecule has 10 aromatic rings. The van der Waals surface area contributed by atoms with Crippen LogP contribution in [-0.2, 0) is 0 Å². The summed E-state index contributed by atoms with van der Waals surface area (Å²) in [7, 11) is 0. The Morgan fingerprint density at radius 2 is 0.918 bits per heavy atom. The zero-order chi connectivity index (χ0) is 32.3. The van der Waals surface area contributed by atoms with Gasteiger partial charge in [-0.2, -0.15) is 0 Å². The van der Waals surface area contributed by atoms with Crippen LogP contribution in [-0.4, -0.2) is 15.0 Å². The Balaban J connectivity index is 1.21. The van der Waals surface area contributed by atoms with Crippen LogP contribution in [0.1, 0.15) is 0 Å². The maximum atomic E-state index is 6.52. The fraction of sp³-hybridized carbons (Fsp3) is 0. The van der Waals surface area contributed by atoms with Gasteiger partial charge in [-0.3, -0.25) is 0 Å². The van der Waals surface area contributed by atoms with E-state index in [1.807, 2.05) is 60.7 Å². The van der Waals surface area contributed by atoms with E-state index in [1.165, 1.54) is 21.5 Å². The van der Waals surface area contributed by atoms with Crippen molar-refractivity contribution in [2.24, 2.45) is 0 Å². The quantitative estimate of drug-likeness (QED) is 0.183. The van der Waals surface area contributed by atoms with Crippen molar-refractivity contribution in [3.05, 3.63) is 164 Å². The number of nitrogens with zero attached hydrogens (tertiary/aromatic N) is 3. The van der Waals surface area contributed by atoms with Crippen molar-refractivity contribution >= 4 is 54.3 Å². The van der Waals surface area contributed by atoms with Crippen LogP contribution >= 0.6 is 0 Å². The van der Waals surface area contributed by atoms with E-state index in [0.29, 0.717) is 17.5 Å². The van der Waals surface area contributed by atoms with Gasteiger partial charge in [0.1, 0.15) is 11.2 Å². The number of furan rings is 1. The Labute approximate surface area is 282 Å². The van der Waals surface area contributed by atoms with Crippen molar-refractivity contribution < 1.29 is 4.42 Å². The molecule has 0 aliphatic rings. The lowest BCUT2D eigenvalue weighted by Gasteiger charge is -2.14. The van der Waals surface area contributed by atoms with E-state index in [0.717, 1.165) is 60.5 Å². The predicted molar refractivity (Wildman–Crippen MR) is 201 cm³/mol. The third kappa shape index (κ3) is 4.49. The zero-order valence-electron chi connectivity index (χ0n) is 26.3. The van der Waals surface area contributed by atoms with E-state index in [-0.39, 0.29) is 0 Å². The van der Waals surface area contributed by atoms with Crippen LogP contribution in [0.15, 0.2) is 168 Å². The van der Waals surface area contributed by atoms with Gasteiger partial charge < -0.3 is 4.42 Å². The van der Waals surface area contributed by atoms with Gasteiger partial charge in [0.25, 0.3) is 0 Å². The molecule has 0 amide bonds. The highest BCUT2D eigenvalue weighted by Crippen LogP contribution is 2.43. The summed E-state index contributed by atoms with van der Waals surface area (Å²) in [6.07, 6.45) is 0. The second kappa shape index (κ2) is 11.0. The van der Waals surface area contributed by atoms with Crippen molar-refractivity contribution in [1.82, 2.24) is 15.0 Å². The summed E-state index contributed by atoms with van der Waals surface area (Å²) in [5.41, 5.74) is 6.87. The van der Waals surface area contributed by atoms with Gasteiger partial charge in [0, 0.05) is 27.5 Å². The van der Waals surface area contributed by atoms with Crippen LogP contribution in [0.2, 0.25) is 0 Å². The SMILES string of the molecule is c1ccc(-c2nc(-c3ccccc3)nc(-c3ccc(-c4cccc5oc6cc7ccc8ccccc8c7cc6c45)c4ccccc34)n2)cc1. The minimum atomic E-state index is 0.640. The molecule has 4 nitrogen and oxygen atoms in total. The van der Waals surface area contributed by atoms with E-state index in [9.17, 15) is 0 Å². The lowest BCUT2D eigenvalue weighted by Crippen LogP contribution is -2.00. The largest absolute Gasteiger partial charge is 0.456 e. The normalized spacial score (nSPS) is 11.7. The smallest absolute Gasteiger partial charge is 0.164 e. The van der Waals surface area contributed by atoms with Crippen LogP contribution in [0, 0.1) is 0 Å². The Morgan fingerprint density at radius 1 is 0.327 bits per heavy atom. The maximum Gasteiger partial charge on any atom is 0.164 e. The first-order chi connectivity index (χ1) is 24.3. The lowest BCUT2D eigenvalue weighted by molar-refractivity contribution is 0.669. The first-order valence-corrected chi connectivity index (χ1v) is 16.4. The van der Waals surface area contributed by atoms with Gasteiger partial charge in [-0.25, -0.2) is 15.0 Å². The van der Waals surface area contributed by atoms with Gasteiger partial charge in [0.05, 0.1) is 0 Å². The molecule has 0 aliphatic carbocycles. The number of hydrogen-bond acceptors (Lipinski definition) is 4. The minimum Gasteiger partial charge on any atom is -0.456 e. The lowest BCUT2D eigenvalue weighted by atomic mass is 9.91. The summed E-state index contributed by atoms with van der Waals surface area (Å²) in [4.78, 5) is 15.0. The molecule has 10 rings (SSSR count).